The van der Waals surface area contributed by atoms with Crippen molar-refractivity contribution < 1.29 is 12.8 Å². The van der Waals surface area contributed by atoms with Crippen LogP contribution in [0.15, 0.2) is 24.3 Å². The molecule has 0 radical (unpaired) electrons. The fraction of sp³-hybridized carbons (Fsp3) is 0.429. The predicted octanol–water partition coefficient (Wildman–Crippen LogP) is 3.13. The van der Waals surface area contributed by atoms with Gasteiger partial charge in [-0.15, -0.1) is 11.3 Å². The molecule has 1 unspecified atom stereocenters. The van der Waals surface area contributed by atoms with Crippen molar-refractivity contribution in [2.24, 2.45) is 0 Å². The number of hydrogen-bond donors (Lipinski definition) is 1. The summed E-state index contributed by atoms with van der Waals surface area (Å²) in [6, 6.07) is 6.72. The van der Waals surface area contributed by atoms with Crippen LogP contribution in [0.2, 0.25) is 0 Å². The van der Waals surface area contributed by atoms with Gasteiger partial charge in [0, 0.05) is 21.9 Å². The number of halogens is 1. The number of sulfone groups is 1. The van der Waals surface area contributed by atoms with Gasteiger partial charge in [0.25, 0.3) is 0 Å². The van der Waals surface area contributed by atoms with E-state index in [-0.39, 0.29) is 17.6 Å². The Morgan fingerprint density at radius 2 is 2.10 bits per heavy atom. The van der Waals surface area contributed by atoms with E-state index in [2.05, 4.69) is 5.32 Å². The molecule has 1 heterocycles. The number of thiophene rings is 1. The zero-order chi connectivity index (χ0) is 14.8. The Morgan fingerprint density at radius 3 is 2.75 bits per heavy atom. The zero-order valence-corrected chi connectivity index (χ0v) is 13.2. The van der Waals surface area contributed by atoms with Crippen molar-refractivity contribution in [1.82, 2.24) is 5.32 Å². The molecule has 0 saturated heterocycles. The quantitative estimate of drug-likeness (QED) is 0.891. The average Bonchev–Trinajstić information content (AvgIpc) is 2.75. The van der Waals surface area contributed by atoms with Gasteiger partial charge in [-0.25, -0.2) is 12.8 Å². The molecule has 20 heavy (non-hydrogen) atoms. The average molecular weight is 315 g/mol. The van der Waals surface area contributed by atoms with Crippen molar-refractivity contribution in [3.8, 4) is 0 Å². The van der Waals surface area contributed by atoms with Crippen LogP contribution in [0.1, 0.15) is 24.3 Å². The summed E-state index contributed by atoms with van der Waals surface area (Å²) in [5.74, 6) is -0.102. The summed E-state index contributed by atoms with van der Waals surface area (Å²) >= 11 is 1.51. The van der Waals surface area contributed by atoms with Crippen LogP contribution in [0.5, 0.6) is 0 Å². The summed E-state index contributed by atoms with van der Waals surface area (Å²) < 4.78 is 36.7. The monoisotopic (exact) mass is 315 g/mol. The van der Waals surface area contributed by atoms with Gasteiger partial charge >= 0.3 is 0 Å². The molecule has 0 aliphatic carbocycles. The Bertz CT molecular complexity index is 694. The van der Waals surface area contributed by atoms with Crippen molar-refractivity contribution in [2.75, 3.05) is 18.6 Å². The van der Waals surface area contributed by atoms with E-state index in [1.54, 1.807) is 6.07 Å². The van der Waals surface area contributed by atoms with E-state index in [0.717, 1.165) is 21.5 Å². The molecule has 1 aromatic heterocycles. The first-order valence-electron chi connectivity index (χ1n) is 6.49. The Labute approximate surface area is 122 Å². The molecule has 0 amide bonds. The van der Waals surface area contributed by atoms with Crippen LogP contribution >= 0.6 is 11.3 Å². The maximum absolute atomic E-state index is 13.2. The molecule has 6 heteroatoms. The van der Waals surface area contributed by atoms with Gasteiger partial charge in [-0.05, 0) is 36.6 Å². The third kappa shape index (κ3) is 4.01. The van der Waals surface area contributed by atoms with E-state index in [0.29, 0.717) is 6.42 Å². The number of nitrogens with one attached hydrogen (secondary N) is 1. The minimum Gasteiger partial charge on any atom is -0.309 e. The molecule has 0 aliphatic rings. The third-order valence-electron chi connectivity index (χ3n) is 3.07. The molecule has 0 saturated carbocycles. The second kappa shape index (κ2) is 6.20. The predicted molar refractivity (Wildman–Crippen MR) is 82.5 cm³/mol. The molecule has 2 aromatic rings. The van der Waals surface area contributed by atoms with Crippen molar-refractivity contribution in [2.45, 2.75) is 19.4 Å². The van der Waals surface area contributed by atoms with Crippen molar-refractivity contribution in [3.05, 3.63) is 35.0 Å². The Morgan fingerprint density at radius 1 is 1.35 bits per heavy atom. The normalized spacial score (nSPS) is 13.8. The summed E-state index contributed by atoms with van der Waals surface area (Å²) in [6.07, 6.45) is 1.78. The lowest BCUT2D eigenvalue weighted by Gasteiger charge is -2.15. The van der Waals surface area contributed by atoms with Gasteiger partial charge in [-0.2, -0.15) is 0 Å². The van der Waals surface area contributed by atoms with E-state index >= 15 is 0 Å². The maximum Gasteiger partial charge on any atom is 0.147 e. The standard InChI is InChI=1S/C14H18FNO2S2/c1-3-16-12(6-7-20(2,17)18)14-8-10-4-5-11(15)9-13(10)19-14/h4-5,8-9,12,16H,3,6-7H2,1-2H3. The SMILES string of the molecule is CCNC(CCS(C)(=O)=O)c1cc2ccc(F)cc2s1. The third-order valence-corrected chi connectivity index (χ3v) is 5.26. The summed E-state index contributed by atoms with van der Waals surface area (Å²) in [4.78, 5) is 1.05. The van der Waals surface area contributed by atoms with Gasteiger partial charge in [-0.1, -0.05) is 13.0 Å². The minimum absolute atomic E-state index is 0.00446. The lowest BCUT2D eigenvalue weighted by Crippen LogP contribution is -2.22. The zero-order valence-electron chi connectivity index (χ0n) is 11.5. The fourth-order valence-corrected chi connectivity index (χ4v) is 3.98. The largest absolute Gasteiger partial charge is 0.309 e. The smallest absolute Gasteiger partial charge is 0.147 e. The van der Waals surface area contributed by atoms with Crippen LogP contribution in [0.25, 0.3) is 10.1 Å². The Kier molecular flexibility index (Phi) is 4.78. The summed E-state index contributed by atoms with van der Waals surface area (Å²) in [5.41, 5.74) is 0. The second-order valence-corrected chi connectivity index (χ2v) is 8.23. The van der Waals surface area contributed by atoms with Crippen LogP contribution in [-0.2, 0) is 9.84 Å². The highest BCUT2D eigenvalue weighted by Gasteiger charge is 2.16. The van der Waals surface area contributed by atoms with E-state index in [4.69, 9.17) is 0 Å². The van der Waals surface area contributed by atoms with Crippen LogP contribution in [0, 0.1) is 5.82 Å². The molecule has 110 valence electrons. The first-order chi connectivity index (χ1) is 9.39. The van der Waals surface area contributed by atoms with Gasteiger partial charge in [0.1, 0.15) is 15.7 Å². The van der Waals surface area contributed by atoms with Crippen molar-refractivity contribution in [3.63, 3.8) is 0 Å². The lowest BCUT2D eigenvalue weighted by atomic mass is 10.1. The van der Waals surface area contributed by atoms with Crippen LogP contribution in [0.3, 0.4) is 0 Å². The summed E-state index contributed by atoms with van der Waals surface area (Å²) in [7, 11) is -2.98. The molecule has 2 rings (SSSR count). The molecule has 0 aliphatic heterocycles. The first kappa shape index (κ1) is 15.4. The van der Waals surface area contributed by atoms with Crippen molar-refractivity contribution >= 4 is 31.3 Å². The molecule has 0 bridgehead atoms. The highest BCUT2D eigenvalue weighted by atomic mass is 32.2. The molecule has 0 fully saturated rings. The molecule has 0 spiro atoms. The maximum atomic E-state index is 13.2. The van der Waals surface area contributed by atoms with Crippen LogP contribution in [-0.4, -0.2) is 27.0 Å². The minimum atomic E-state index is -2.98. The number of rotatable bonds is 6. The molecular formula is C14H18FNO2S2. The number of fused-ring (bicyclic) bond motifs is 1. The molecule has 1 aromatic carbocycles. The Hall–Kier alpha value is -0.980. The molecule has 1 atom stereocenters. The van der Waals surface area contributed by atoms with Gasteiger partial charge < -0.3 is 5.32 Å². The highest BCUT2D eigenvalue weighted by Crippen LogP contribution is 2.32. The summed E-state index contributed by atoms with van der Waals surface area (Å²) in [5, 5.41) is 4.29. The second-order valence-electron chi connectivity index (χ2n) is 4.86. The van der Waals surface area contributed by atoms with E-state index in [1.165, 1.54) is 29.7 Å². The first-order valence-corrected chi connectivity index (χ1v) is 9.37. The van der Waals surface area contributed by atoms with Gasteiger partial charge in [-0.3, -0.25) is 0 Å². The molecular weight excluding hydrogens is 297 g/mol. The van der Waals surface area contributed by atoms with E-state index in [9.17, 15) is 12.8 Å². The molecule has 3 nitrogen and oxygen atoms in total. The fourth-order valence-electron chi connectivity index (χ4n) is 2.12. The van der Waals surface area contributed by atoms with Gasteiger partial charge in [0.2, 0.25) is 0 Å². The highest BCUT2D eigenvalue weighted by molar-refractivity contribution is 7.90. The van der Waals surface area contributed by atoms with E-state index < -0.39 is 9.84 Å². The topological polar surface area (TPSA) is 46.2 Å². The Balaban J connectivity index is 2.26. The van der Waals surface area contributed by atoms with Crippen LogP contribution < -0.4 is 5.32 Å². The summed E-state index contributed by atoms with van der Waals surface area (Å²) in [6.45, 7) is 2.75. The van der Waals surface area contributed by atoms with Crippen molar-refractivity contribution in [1.29, 1.82) is 0 Å². The molecule has 1 N–H and O–H groups in total. The van der Waals surface area contributed by atoms with Gasteiger partial charge in [0.15, 0.2) is 0 Å². The lowest BCUT2D eigenvalue weighted by molar-refractivity contribution is 0.537. The van der Waals surface area contributed by atoms with Gasteiger partial charge in [0.05, 0.1) is 5.75 Å². The van der Waals surface area contributed by atoms with E-state index in [1.807, 2.05) is 13.0 Å². The van der Waals surface area contributed by atoms with Crippen LogP contribution in [0.4, 0.5) is 4.39 Å². The number of hydrogen-bond acceptors (Lipinski definition) is 4. The number of benzene rings is 1.